The van der Waals surface area contributed by atoms with E-state index in [-0.39, 0.29) is 0 Å². The van der Waals surface area contributed by atoms with E-state index in [9.17, 15) is 0 Å². The Kier molecular flexibility index (Phi) is 3.91. The third-order valence-corrected chi connectivity index (χ3v) is 5.48. The lowest BCUT2D eigenvalue weighted by Gasteiger charge is -2.30. The molecule has 0 spiro atoms. The standard InChI is InChI=1S/C16H21ClN2S/c1-19(9-12-7-10-2-3-11(12)6-10)15-8-13(17)4-5-14(15)16(18)20/h4-5,8,10-12H,2-3,6-7,9H2,1H3,(H2,18,20). The molecule has 0 saturated heterocycles. The Morgan fingerprint density at radius 3 is 2.80 bits per heavy atom. The first-order valence-corrected chi connectivity index (χ1v) is 8.13. The molecule has 3 unspecified atom stereocenters. The van der Waals surface area contributed by atoms with Crippen molar-refractivity contribution < 1.29 is 0 Å². The van der Waals surface area contributed by atoms with E-state index >= 15 is 0 Å². The predicted molar refractivity (Wildman–Crippen MR) is 89.5 cm³/mol. The monoisotopic (exact) mass is 308 g/mol. The minimum atomic E-state index is 0.441. The summed E-state index contributed by atoms with van der Waals surface area (Å²) in [5, 5.41) is 0.736. The van der Waals surface area contributed by atoms with Crippen molar-refractivity contribution in [2.75, 3.05) is 18.5 Å². The quantitative estimate of drug-likeness (QED) is 0.857. The van der Waals surface area contributed by atoms with Crippen molar-refractivity contribution in [3.8, 4) is 0 Å². The normalized spacial score (nSPS) is 27.8. The molecule has 2 aliphatic carbocycles. The summed E-state index contributed by atoms with van der Waals surface area (Å²) in [5.74, 6) is 2.72. The van der Waals surface area contributed by atoms with E-state index in [1.54, 1.807) is 0 Å². The van der Waals surface area contributed by atoms with Gasteiger partial charge >= 0.3 is 0 Å². The van der Waals surface area contributed by atoms with Gasteiger partial charge in [0.05, 0.1) is 0 Å². The van der Waals surface area contributed by atoms with Crippen molar-refractivity contribution in [2.45, 2.75) is 25.7 Å². The summed E-state index contributed by atoms with van der Waals surface area (Å²) in [7, 11) is 2.12. The zero-order valence-electron chi connectivity index (χ0n) is 11.8. The highest BCUT2D eigenvalue weighted by atomic mass is 35.5. The smallest absolute Gasteiger partial charge is 0.106 e. The molecule has 2 N–H and O–H groups in total. The Morgan fingerprint density at radius 2 is 2.20 bits per heavy atom. The summed E-state index contributed by atoms with van der Waals surface area (Å²) >= 11 is 11.3. The fourth-order valence-corrected chi connectivity index (χ4v) is 4.42. The van der Waals surface area contributed by atoms with Crippen LogP contribution in [0.2, 0.25) is 5.02 Å². The molecule has 2 aliphatic rings. The van der Waals surface area contributed by atoms with Gasteiger partial charge < -0.3 is 10.6 Å². The van der Waals surface area contributed by atoms with Gasteiger partial charge in [-0.05, 0) is 55.2 Å². The summed E-state index contributed by atoms with van der Waals surface area (Å²) in [5.41, 5.74) is 7.82. The molecule has 0 heterocycles. The molecule has 20 heavy (non-hydrogen) atoms. The van der Waals surface area contributed by atoms with E-state index in [1.807, 2.05) is 18.2 Å². The summed E-state index contributed by atoms with van der Waals surface area (Å²) in [4.78, 5) is 2.72. The minimum absolute atomic E-state index is 0.441. The molecule has 2 nitrogen and oxygen atoms in total. The molecule has 3 rings (SSSR count). The van der Waals surface area contributed by atoms with Crippen LogP contribution < -0.4 is 10.6 Å². The molecule has 0 aromatic heterocycles. The fourth-order valence-electron chi connectivity index (χ4n) is 4.08. The Hall–Kier alpha value is -0.800. The van der Waals surface area contributed by atoms with Crippen LogP contribution in [0.1, 0.15) is 31.2 Å². The Labute approximate surface area is 131 Å². The van der Waals surface area contributed by atoms with Crippen molar-refractivity contribution in [3.05, 3.63) is 28.8 Å². The lowest BCUT2D eigenvalue weighted by molar-refractivity contribution is 0.337. The van der Waals surface area contributed by atoms with Crippen LogP contribution in [0.25, 0.3) is 0 Å². The zero-order chi connectivity index (χ0) is 14.3. The number of rotatable bonds is 4. The fraction of sp³-hybridized carbons (Fsp3) is 0.562. The Balaban J connectivity index is 1.78. The van der Waals surface area contributed by atoms with Gasteiger partial charge in [0.25, 0.3) is 0 Å². The third kappa shape index (κ3) is 2.66. The average molecular weight is 309 g/mol. The highest BCUT2D eigenvalue weighted by Crippen LogP contribution is 2.48. The van der Waals surface area contributed by atoms with Crippen LogP contribution in [0, 0.1) is 17.8 Å². The second-order valence-corrected chi connectivity index (χ2v) is 7.22. The lowest BCUT2D eigenvalue weighted by atomic mass is 9.88. The highest BCUT2D eigenvalue weighted by molar-refractivity contribution is 7.80. The first kappa shape index (κ1) is 14.2. The largest absolute Gasteiger partial charge is 0.389 e. The maximum atomic E-state index is 6.13. The van der Waals surface area contributed by atoms with Crippen molar-refractivity contribution in [3.63, 3.8) is 0 Å². The molecule has 3 atom stereocenters. The van der Waals surface area contributed by atoms with E-state index in [0.717, 1.165) is 40.6 Å². The SMILES string of the molecule is CN(CC1CC2CCC1C2)c1cc(Cl)ccc1C(N)=S. The van der Waals surface area contributed by atoms with Crippen molar-refractivity contribution in [1.82, 2.24) is 0 Å². The van der Waals surface area contributed by atoms with Crippen molar-refractivity contribution in [2.24, 2.45) is 23.5 Å². The van der Waals surface area contributed by atoms with Crippen LogP contribution >= 0.6 is 23.8 Å². The molecular formula is C16H21ClN2S. The summed E-state index contributed by atoms with van der Waals surface area (Å²) in [6, 6.07) is 5.76. The van der Waals surface area contributed by atoms with Gasteiger partial charge in [-0.3, -0.25) is 0 Å². The average Bonchev–Trinajstić information content (AvgIpc) is 3.00. The van der Waals surface area contributed by atoms with E-state index < -0.39 is 0 Å². The van der Waals surface area contributed by atoms with Crippen molar-refractivity contribution >= 4 is 34.5 Å². The van der Waals surface area contributed by atoms with Gasteiger partial charge in [-0.2, -0.15) is 0 Å². The Morgan fingerprint density at radius 1 is 1.40 bits per heavy atom. The van der Waals surface area contributed by atoms with Gasteiger partial charge in [0, 0.05) is 29.9 Å². The van der Waals surface area contributed by atoms with E-state index in [2.05, 4.69) is 11.9 Å². The van der Waals surface area contributed by atoms with Crippen LogP contribution in [0.3, 0.4) is 0 Å². The molecule has 0 aliphatic heterocycles. The molecule has 4 heteroatoms. The van der Waals surface area contributed by atoms with Crippen LogP contribution in [0.4, 0.5) is 5.69 Å². The van der Waals surface area contributed by atoms with Gasteiger partial charge in [0.2, 0.25) is 0 Å². The van der Waals surface area contributed by atoms with Crippen LogP contribution in [-0.2, 0) is 0 Å². The van der Waals surface area contributed by atoms with Gasteiger partial charge in [-0.15, -0.1) is 0 Å². The number of nitrogens with zero attached hydrogens (tertiary/aromatic N) is 1. The van der Waals surface area contributed by atoms with E-state index in [0.29, 0.717) is 4.99 Å². The van der Waals surface area contributed by atoms with E-state index in [1.165, 1.54) is 25.7 Å². The maximum Gasteiger partial charge on any atom is 0.106 e. The molecule has 0 amide bonds. The summed E-state index contributed by atoms with van der Waals surface area (Å²) in [6.07, 6.45) is 5.69. The number of anilines is 1. The lowest BCUT2D eigenvalue weighted by Crippen LogP contribution is -2.30. The molecule has 2 bridgehead atoms. The van der Waals surface area contributed by atoms with Crippen LogP contribution in [-0.4, -0.2) is 18.6 Å². The molecule has 2 saturated carbocycles. The zero-order valence-corrected chi connectivity index (χ0v) is 13.4. The first-order chi connectivity index (χ1) is 9.54. The summed E-state index contributed by atoms with van der Waals surface area (Å²) in [6.45, 7) is 1.08. The molecular weight excluding hydrogens is 288 g/mol. The number of fused-ring (bicyclic) bond motifs is 2. The number of hydrogen-bond acceptors (Lipinski definition) is 2. The van der Waals surface area contributed by atoms with Crippen LogP contribution in [0.15, 0.2) is 18.2 Å². The second-order valence-electron chi connectivity index (χ2n) is 6.34. The van der Waals surface area contributed by atoms with Crippen LogP contribution in [0.5, 0.6) is 0 Å². The molecule has 108 valence electrons. The van der Waals surface area contributed by atoms with Gasteiger partial charge in [-0.25, -0.2) is 0 Å². The molecule has 1 aromatic carbocycles. The van der Waals surface area contributed by atoms with Crippen molar-refractivity contribution in [1.29, 1.82) is 0 Å². The second kappa shape index (κ2) is 5.53. The number of halogens is 1. The van der Waals surface area contributed by atoms with Gasteiger partial charge in [0.1, 0.15) is 4.99 Å². The number of thiocarbonyl (C=S) groups is 1. The third-order valence-electron chi connectivity index (χ3n) is 5.03. The Bertz CT molecular complexity index is 531. The van der Waals surface area contributed by atoms with Gasteiger partial charge in [-0.1, -0.05) is 30.2 Å². The topological polar surface area (TPSA) is 29.3 Å². The molecule has 0 radical (unpaired) electrons. The number of nitrogens with two attached hydrogens (primary N) is 1. The number of hydrogen-bond donors (Lipinski definition) is 1. The predicted octanol–water partition coefficient (Wildman–Crippen LogP) is 3.85. The highest BCUT2D eigenvalue weighted by Gasteiger charge is 2.39. The molecule has 2 fully saturated rings. The van der Waals surface area contributed by atoms with Gasteiger partial charge in [0.15, 0.2) is 0 Å². The first-order valence-electron chi connectivity index (χ1n) is 7.35. The number of benzene rings is 1. The maximum absolute atomic E-state index is 6.13. The molecule has 1 aromatic rings. The minimum Gasteiger partial charge on any atom is -0.389 e. The summed E-state index contributed by atoms with van der Waals surface area (Å²) < 4.78 is 0. The van der Waals surface area contributed by atoms with E-state index in [4.69, 9.17) is 29.6 Å².